The third kappa shape index (κ3) is 3.88. The van der Waals surface area contributed by atoms with Gasteiger partial charge in [0.2, 0.25) is 5.79 Å². The molecule has 2 aliphatic rings. The molecule has 0 amide bonds. The Morgan fingerprint density at radius 3 is 2.76 bits per heavy atom. The second-order valence-corrected chi connectivity index (χ2v) is 8.03. The Balaban J connectivity index is 1.46. The van der Waals surface area contributed by atoms with Crippen molar-refractivity contribution < 1.29 is 24.1 Å². The standard InChI is InChI=1S/C19H20N2O7S/c1-26-19(10-21-8-7-13(22)20-18(21)25)16-14(27-16)12(28-19)9-29-15(17(23)24)11-5-3-2-4-6-11/h2-8,12,14-16H,9-10H2,1H3,(H,23,24)(H,20,22,25)/t12-,14+,15?,16+,19+/m1/s1. The minimum Gasteiger partial charge on any atom is -0.480 e. The van der Waals surface area contributed by atoms with Crippen molar-refractivity contribution >= 4 is 17.7 Å². The van der Waals surface area contributed by atoms with Gasteiger partial charge in [-0.25, -0.2) is 4.79 Å². The number of benzene rings is 1. The van der Waals surface area contributed by atoms with Crippen molar-refractivity contribution in [3.8, 4) is 0 Å². The molecule has 10 heteroatoms. The van der Waals surface area contributed by atoms with E-state index in [2.05, 4.69) is 4.98 Å². The lowest BCUT2D eigenvalue weighted by atomic mass is 10.1. The van der Waals surface area contributed by atoms with E-state index in [1.54, 1.807) is 24.3 Å². The predicted octanol–water partition coefficient (Wildman–Crippen LogP) is 0.605. The van der Waals surface area contributed by atoms with Gasteiger partial charge in [0.15, 0.2) is 0 Å². The topological polar surface area (TPSA) is 123 Å². The van der Waals surface area contributed by atoms with Crippen LogP contribution in [0.2, 0.25) is 0 Å². The van der Waals surface area contributed by atoms with Crippen LogP contribution in [0.25, 0.3) is 0 Å². The molecule has 1 aromatic carbocycles. The number of nitrogens with one attached hydrogen (secondary N) is 1. The number of aliphatic carboxylic acids is 1. The number of hydrogen-bond donors (Lipinski definition) is 2. The smallest absolute Gasteiger partial charge is 0.328 e. The van der Waals surface area contributed by atoms with Crippen molar-refractivity contribution in [2.45, 2.75) is 35.9 Å². The number of thioether (sulfide) groups is 1. The Kier molecular flexibility index (Phi) is 5.34. The lowest BCUT2D eigenvalue weighted by Crippen LogP contribution is -2.46. The predicted molar refractivity (Wildman–Crippen MR) is 104 cm³/mol. The molecule has 3 heterocycles. The summed E-state index contributed by atoms with van der Waals surface area (Å²) in [6.07, 6.45) is 0.401. The maximum Gasteiger partial charge on any atom is 0.328 e. The zero-order chi connectivity index (χ0) is 20.6. The van der Waals surface area contributed by atoms with E-state index < -0.39 is 28.3 Å². The van der Waals surface area contributed by atoms with Crippen LogP contribution in [0, 0.1) is 0 Å². The van der Waals surface area contributed by atoms with Gasteiger partial charge in [-0.3, -0.25) is 19.1 Å². The fourth-order valence-corrected chi connectivity index (χ4v) is 4.70. The highest BCUT2D eigenvalue weighted by Gasteiger charge is 2.67. The molecular formula is C19H20N2O7S. The summed E-state index contributed by atoms with van der Waals surface area (Å²) in [7, 11) is 1.47. The van der Waals surface area contributed by atoms with E-state index in [9.17, 15) is 19.5 Å². The van der Waals surface area contributed by atoms with Crippen molar-refractivity contribution in [2.75, 3.05) is 12.9 Å². The third-order valence-electron chi connectivity index (χ3n) is 5.06. The Labute approximate surface area is 169 Å². The molecule has 4 rings (SSSR count). The SMILES string of the molecule is CO[C@@]1(Cn2ccc(=O)[nH]c2=O)O[C@H](CSC(C(=O)O)c2ccccc2)[C@@H]2O[C@@H]21. The van der Waals surface area contributed by atoms with Crippen molar-refractivity contribution in [1.82, 2.24) is 9.55 Å². The van der Waals surface area contributed by atoms with Crippen LogP contribution in [0.4, 0.5) is 0 Å². The first kappa shape index (κ1) is 19.9. The molecule has 0 saturated carbocycles. The fourth-order valence-electron chi connectivity index (χ4n) is 3.57. The fraction of sp³-hybridized carbons (Fsp3) is 0.421. The number of aromatic nitrogens is 2. The number of epoxide rings is 1. The molecule has 2 fully saturated rings. The molecule has 2 aliphatic heterocycles. The first-order valence-electron chi connectivity index (χ1n) is 9.01. The van der Waals surface area contributed by atoms with Crippen molar-refractivity contribution in [2.24, 2.45) is 0 Å². The van der Waals surface area contributed by atoms with Gasteiger partial charge in [0.25, 0.3) is 5.56 Å². The molecule has 0 spiro atoms. The van der Waals surface area contributed by atoms with Gasteiger partial charge < -0.3 is 19.3 Å². The highest BCUT2D eigenvalue weighted by Crippen LogP contribution is 2.49. The van der Waals surface area contributed by atoms with Crippen molar-refractivity contribution in [1.29, 1.82) is 0 Å². The molecule has 2 aromatic rings. The van der Waals surface area contributed by atoms with Crippen LogP contribution < -0.4 is 11.2 Å². The van der Waals surface area contributed by atoms with Gasteiger partial charge in [-0.05, 0) is 5.56 Å². The van der Waals surface area contributed by atoms with Crippen LogP contribution in [0.15, 0.2) is 52.2 Å². The summed E-state index contributed by atoms with van der Waals surface area (Å²) >= 11 is 1.26. The number of hydrogen-bond acceptors (Lipinski definition) is 7. The van der Waals surface area contributed by atoms with Gasteiger partial charge >= 0.3 is 11.7 Å². The minimum atomic E-state index is -1.18. The summed E-state index contributed by atoms with van der Waals surface area (Å²) in [6, 6.07) is 10.2. The number of carboxylic acid groups (broad SMARTS) is 1. The molecule has 9 nitrogen and oxygen atoms in total. The summed E-state index contributed by atoms with van der Waals surface area (Å²) in [5.74, 6) is -1.72. The summed E-state index contributed by atoms with van der Waals surface area (Å²) in [4.78, 5) is 37.2. The average molecular weight is 420 g/mol. The first-order chi connectivity index (χ1) is 13.9. The number of H-pyrrole nitrogens is 1. The quantitative estimate of drug-likeness (QED) is 0.596. The van der Waals surface area contributed by atoms with E-state index in [0.29, 0.717) is 11.3 Å². The minimum absolute atomic E-state index is 0.0441. The Morgan fingerprint density at radius 2 is 2.10 bits per heavy atom. The maximum absolute atomic E-state index is 12.0. The van der Waals surface area contributed by atoms with Crippen molar-refractivity contribution in [3.05, 3.63) is 69.0 Å². The van der Waals surface area contributed by atoms with Crippen LogP contribution in [-0.2, 0) is 25.5 Å². The summed E-state index contributed by atoms with van der Waals surface area (Å²) < 4.78 is 18.7. The Hall–Kier alpha value is -2.40. The largest absolute Gasteiger partial charge is 0.480 e. The molecule has 1 aromatic heterocycles. The number of ether oxygens (including phenoxy) is 3. The highest BCUT2D eigenvalue weighted by molar-refractivity contribution is 8.00. The number of carboxylic acids is 1. The van der Waals surface area contributed by atoms with Gasteiger partial charge in [0.1, 0.15) is 17.5 Å². The molecule has 0 bridgehead atoms. The monoisotopic (exact) mass is 420 g/mol. The van der Waals surface area contributed by atoms with E-state index in [0.717, 1.165) is 0 Å². The third-order valence-corrected chi connectivity index (χ3v) is 6.39. The van der Waals surface area contributed by atoms with Crippen LogP contribution in [0.5, 0.6) is 0 Å². The van der Waals surface area contributed by atoms with Crippen molar-refractivity contribution in [3.63, 3.8) is 0 Å². The molecule has 0 aliphatic carbocycles. The van der Waals surface area contributed by atoms with Crippen LogP contribution >= 0.6 is 11.8 Å². The Bertz CT molecular complexity index is 1010. The van der Waals surface area contributed by atoms with Crippen LogP contribution in [-0.4, -0.2) is 57.6 Å². The van der Waals surface area contributed by atoms with Gasteiger partial charge in [-0.15, -0.1) is 11.8 Å². The molecule has 29 heavy (non-hydrogen) atoms. The molecule has 2 saturated heterocycles. The molecule has 2 N–H and O–H groups in total. The average Bonchev–Trinajstić information content (AvgIpc) is 3.45. The van der Waals surface area contributed by atoms with Gasteiger partial charge in [-0.1, -0.05) is 30.3 Å². The number of rotatable bonds is 8. The zero-order valence-electron chi connectivity index (χ0n) is 15.5. The van der Waals surface area contributed by atoms with Gasteiger partial charge in [0, 0.05) is 25.1 Å². The number of nitrogens with zero attached hydrogens (tertiary/aromatic N) is 1. The number of carbonyl (C=O) groups is 1. The highest BCUT2D eigenvalue weighted by atomic mass is 32.2. The molecule has 5 atom stereocenters. The van der Waals surface area contributed by atoms with E-state index in [1.807, 2.05) is 6.07 Å². The molecular weight excluding hydrogens is 400 g/mol. The lowest BCUT2D eigenvalue weighted by Gasteiger charge is -2.30. The summed E-state index contributed by atoms with van der Waals surface area (Å²) in [5, 5.41) is 8.86. The lowest BCUT2D eigenvalue weighted by molar-refractivity contribution is -0.250. The van der Waals surface area contributed by atoms with Crippen LogP contribution in [0.1, 0.15) is 10.8 Å². The molecule has 154 valence electrons. The van der Waals surface area contributed by atoms with E-state index in [-0.39, 0.29) is 24.9 Å². The van der Waals surface area contributed by atoms with Crippen LogP contribution in [0.3, 0.4) is 0 Å². The van der Waals surface area contributed by atoms with Gasteiger partial charge in [-0.2, -0.15) is 0 Å². The second kappa shape index (κ2) is 7.79. The number of methoxy groups -OCH3 is 1. The summed E-state index contributed by atoms with van der Waals surface area (Å²) in [5.41, 5.74) is -0.350. The second-order valence-electron chi connectivity index (χ2n) is 6.89. The molecule has 1 unspecified atom stereocenters. The molecule has 0 radical (unpaired) electrons. The maximum atomic E-state index is 12.0. The van der Waals surface area contributed by atoms with Gasteiger partial charge in [0.05, 0.1) is 12.6 Å². The first-order valence-corrected chi connectivity index (χ1v) is 10.1. The zero-order valence-corrected chi connectivity index (χ0v) is 16.3. The Morgan fingerprint density at radius 1 is 1.34 bits per heavy atom. The van der Waals surface area contributed by atoms with E-state index in [1.165, 1.54) is 35.7 Å². The normalized spacial score (nSPS) is 28.7. The van der Waals surface area contributed by atoms with E-state index in [4.69, 9.17) is 14.2 Å². The number of aromatic amines is 1. The summed E-state index contributed by atoms with van der Waals surface area (Å²) in [6.45, 7) is 0.0441. The van der Waals surface area contributed by atoms with E-state index >= 15 is 0 Å². The number of fused-ring (bicyclic) bond motifs is 1.